The van der Waals surface area contributed by atoms with Gasteiger partial charge in [-0.2, -0.15) is 4.98 Å². The molecule has 0 aliphatic carbocycles. The van der Waals surface area contributed by atoms with E-state index in [1.165, 1.54) is 19.2 Å². The van der Waals surface area contributed by atoms with E-state index in [-0.39, 0.29) is 29.1 Å². The van der Waals surface area contributed by atoms with E-state index < -0.39 is 16.1 Å². The van der Waals surface area contributed by atoms with Gasteiger partial charge in [0.2, 0.25) is 11.8 Å². The molecule has 1 aliphatic heterocycles. The SMILES string of the molecule is COc1cc(C)nc(NC(=O)NS(=O)(=O)c2cccc3c2OCC(=S)N3C)n1. The third-order valence-corrected chi connectivity index (χ3v) is 5.56. The molecule has 2 aromatic rings. The third kappa shape index (κ3) is 3.97. The molecule has 0 spiro atoms. The Kier molecular flexibility index (Phi) is 5.34. The lowest BCUT2D eigenvalue weighted by molar-refractivity contribution is 0.256. The number of amides is 2. The lowest BCUT2D eigenvalue weighted by atomic mass is 10.2. The number of likely N-dealkylation sites (N-methyl/N-ethyl adjacent to an activating group) is 1. The highest BCUT2D eigenvalue weighted by molar-refractivity contribution is 7.90. The number of methoxy groups -OCH3 is 1. The summed E-state index contributed by atoms with van der Waals surface area (Å²) in [4.78, 5) is 22.1. The number of para-hydroxylation sites is 1. The largest absolute Gasteiger partial charge is 0.483 e. The van der Waals surface area contributed by atoms with Crippen LogP contribution in [-0.2, 0) is 10.0 Å². The summed E-state index contributed by atoms with van der Waals surface area (Å²) in [6, 6.07) is 5.09. The zero-order valence-electron chi connectivity index (χ0n) is 15.2. The molecule has 0 saturated heterocycles. The van der Waals surface area contributed by atoms with Crippen LogP contribution in [0.3, 0.4) is 0 Å². The van der Waals surface area contributed by atoms with Crippen molar-refractivity contribution in [1.29, 1.82) is 0 Å². The van der Waals surface area contributed by atoms with Crippen LogP contribution >= 0.6 is 12.2 Å². The fraction of sp³-hybridized carbons (Fsp3) is 0.250. The average molecular weight is 423 g/mol. The Balaban J connectivity index is 1.84. The number of nitrogens with one attached hydrogen (secondary N) is 2. The standard InChI is InChI=1S/C16H17N5O5S2/c1-9-7-12(25-3)18-15(17-9)19-16(22)20-28(23,24)11-6-4-5-10-14(11)26-8-13(27)21(10)2/h4-7H,8H2,1-3H3,(H2,17,18,19,20,22). The Labute approximate surface area is 166 Å². The van der Waals surface area contributed by atoms with Crippen LogP contribution in [-0.4, -0.2) is 50.2 Å². The second-order valence-corrected chi connectivity index (χ2v) is 7.90. The molecular weight excluding hydrogens is 406 g/mol. The van der Waals surface area contributed by atoms with Crippen molar-refractivity contribution in [2.24, 2.45) is 0 Å². The highest BCUT2D eigenvalue weighted by Gasteiger charge is 2.29. The molecule has 0 fully saturated rings. The Bertz CT molecular complexity index is 1060. The van der Waals surface area contributed by atoms with Gasteiger partial charge in [-0.3, -0.25) is 5.32 Å². The molecule has 0 atom stereocenters. The number of urea groups is 1. The zero-order valence-corrected chi connectivity index (χ0v) is 16.8. The molecule has 3 rings (SSSR count). The summed E-state index contributed by atoms with van der Waals surface area (Å²) in [5, 5.41) is 2.28. The van der Waals surface area contributed by atoms with Crippen LogP contribution in [0.15, 0.2) is 29.2 Å². The third-order valence-electron chi connectivity index (χ3n) is 3.82. The number of hydrogen-bond donors (Lipinski definition) is 2. The number of carbonyl (C=O) groups excluding carboxylic acids is 1. The molecule has 148 valence electrons. The summed E-state index contributed by atoms with van der Waals surface area (Å²) in [7, 11) is -1.11. The van der Waals surface area contributed by atoms with Gasteiger partial charge in [-0.1, -0.05) is 18.3 Å². The summed E-state index contributed by atoms with van der Waals surface area (Å²) in [6.45, 7) is 1.74. The smallest absolute Gasteiger partial charge is 0.335 e. The summed E-state index contributed by atoms with van der Waals surface area (Å²) in [5.74, 6) is 0.253. The lowest BCUT2D eigenvalue weighted by Gasteiger charge is -2.29. The predicted octanol–water partition coefficient (Wildman–Crippen LogP) is 1.46. The Morgan fingerprint density at radius 3 is 2.82 bits per heavy atom. The quantitative estimate of drug-likeness (QED) is 0.704. The van der Waals surface area contributed by atoms with E-state index in [2.05, 4.69) is 15.3 Å². The van der Waals surface area contributed by atoms with Gasteiger partial charge in [0.25, 0.3) is 10.0 Å². The van der Waals surface area contributed by atoms with Gasteiger partial charge < -0.3 is 14.4 Å². The molecule has 0 radical (unpaired) electrons. The number of aryl methyl sites for hydroxylation is 1. The Morgan fingerprint density at radius 2 is 2.11 bits per heavy atom. The maximum absolute atomic E-state index is 12.7. The van der Waals surface area contributed by atoms with Crippen LogP contribution in [0, 0.1) is 6.92 Å². The first-order valence-electron chi connectivity index (χ1n) is 7.97. The van der Waals surface area contributed by atoms with Crippen molar-refractivity contribution < 1.29 is 22.7 Å². The van der Waals surface area contributed by atoms with E-state index in [4.69, 9.17) is 21.7 Å². The van der Waals surface area contributed by atoms with Gasteiger partial charge in [0.05, 0.1) is 12.8 Å². The normalized spacial score (nSPS) is 13.4. The first kappa shape index (κ1) is 19.8. The number of ether oxygens (including phenoxy) is 2. The van der Waals surface area contributed by atoms with Gasteiger partial charge in [0.15, 0.2) is 5.75 Å². The molecule has 1 aliphatic rings. The minimum Gasteiger partial charge on any atom is -0.483 e. The van der Waals surface area contributed by atoms with Crippen LogP contribution in [0.5, 0.6) is 11.6 Å². The fourth-order valence-corrected chi connectivity index (χ4v) is 3.72. The van der Waals surface area contributed by atoms with Crippen LogP contribution in [0.1, 0.15) is 5.69 Å². The molecule has 12 heteroatoms. The van der Waals surface area contributed by atoms with E-state index >= 15 is 0 Å². The van der Waals surface area contributed by atoms with Gasteiger partial charge >= 0.3 is 6.03 Å². The van der Waals surface area contributed by atoms with Gasteiger partial charge in [-0.15, -0.1) is 0 Å². The first-order valence-corrected chi connectivity index (χ1v) is 9.86. The molecule has 2 heterocycles. The minimum absolute atomic E-state index is 0.0640. The van der Waals surface area contributed by atoms with E-state index in [1.54, 1.807) is 31.0 Å². The van der Waals surface area contributed by atoms with E-state index in [0.717, 1.165) is 0 Å². The Hall–Kier alpha value is -2.99. The van der Waals surface area contributed by atoms with Crippen molar-refractivity contribution in [1.82, 2.24) is 14.7 Å². The van der Waals surface area contributed by atoms with Gasteiger partial charge in [0, 0.05) is 18.8 Å². The number of benzene rings is 1. The number of hydrogen-bond acceptors (Lipinski definition) is 8. The highest BCUT2D eigenvalue weighted by Crippen LogP contribution is 2.37. The van der Waals surface area contributed by atoms with Crippen LogP contribution < -0.4 is 24.4 Å². The molecule has 0 bridgehead atoms. The summed E-state index contributed by atoms with van der Waals surface area (Å²) >= 11 is 5.16. The highest BCUT2D eigenvalue weighted by atomic mass is 32.2. The zero-order chi connectivity index (χ0) is 20.5. The number of rotatable bonds is 4. The number of anilines is 2. The van der Waals surface area contributed by atoms with Crippen molar-refractivity contribution >= 4 is 44.9 Å². The van der Waals surface area contributed by atoms with Gasteiger partial charge in [-0.25, -0.2) is 22.9 Å². The van der Waals surface area contributed by atoms with Crippen LogP contribution in [0.4, 0.5) is 16.4 Å². The summed E-state index contributed by atoms with van der Waals surface area (Å²) in [5.41, 5.74) is 1.03. The topological polar surface area (TPSA) is 123 Å². The second-order valence-electron chi connectivity index (χ2n) is 5.78. The van der Waals surface area contributed by atoms with Crippen LogP contribution in [0.25, 0.3) is 0 Å². The molecule has 2 N–H and O–H groups in total. The van der Waals surface area contributed by atoms with E-state index in [9.17, 15) is 13.2 Å². The van der Waals surface area contributed by atoms with Crippen molar-refractivity contribution in [2.75, 3.05) is 31.0 Å². The molecule has 1 aromatic carbocycles. The number of aromatic nitrogens is 2. The molecule has 10 nitrogen and oxygen atoms in total. The second kappa shape index (κ2) is 7.56. The van der Waals surface area contributed by atoms with Crippen molar-refractivity contribution in [2.45, 2.75) is 11.8 Å². The summed E-state index contributed by atoms with van der Waals surface area (Å²) in [6.07, 6.45) is 0. The fourth-order valence-electron chi connectivity index (χ4n) is 2.49. The van der Waals surface area contributed by atoms with E-state index in [1.807, 2.05) is 4.72 Å². The lowest BCUT2D eigenvalue weighted by Crippen LogP contribution is -2.37. The predicted molar refractivity (Wildman–Crippen MR) is 106 cm³/mol. The monoisotopic (exact) mass is 423 g/mol. The number of sulfonamides is 1. The maximum Gasteiger partial charge on any atom is 0.335 e. The van der Waals surface area contributed by atoms with Gasteiger partial charge in [0.1, 0.15) is 16.5 Å². The first-order chi connectivity index (χ1) is 13.2. The van der Waals surface area contributed by atoms with Crippen molar-refractivity contribution in [3.05, 3.63) is 30.0 Å². The molecule has 28 heavy (non-hydrogen) atoms. The van der Waals surface area contributed by atoms with Crippen molar-refractivity contribution in [3.8, 4) is 11.6 Å². The van der Waals surface area contributed by atoms with Crippen LogP contribution in [0.2, 0.25) is 0 Å². The molecule has 0 saturated carbocycles. The minimum atomic E-state index is -4.23. The summed E-state index contributed by atoms with van der Waals surface area (Å²) < 4.78 is 37.8. The van der Waals surface area contributed by atoms with E-state index in [0.29, 0.717) is 16.4 Å². The molecule has 2 amide bonds. The molecular formula is C16H17N5O5S2. The average Bonchev–Trinajstić information content (AvgIpc) is 2.63. The number of nitrogens with zero attached hydrogens (tertiary/aromatic N) is 3. The Morgan fingerprint density at radius 1 is 1.36 bits per heavy atom. The maximum atomic E-state index is 12.7. The van der Waals surface area contributed by atoms with Gasteiger partial charge in [-0.05, 0) is 19.1 Å². The molecule has 0 unspecified atom stereocenters. The molecule has 1 aromatic heterocycles. The number of fused-ring (bicyclic) bond motifs is 1. The number of carbonyl (C=O) groups is 1. The number of thiocarbonyl (C=S) groups is 1. The van der Waals surface area contributed by atoms with Crippen molar-refractivity contribution in [3.63, 3.8) is 0 Å².